The molecule has 0 spiro atoms. The lowest BCUT2D eigenvalue weighted by Crippen LogP contribution is -2.22. The minimum absolute atomic E-state index is 0.177. The minimum atomic E-state index is -0.265. The molecule has 0 aliphatic carbocycles. The van der Waals surface area contributed by atoms with Crippen LogP contribution >= 0.6 is 0 Å². The van der Waals surface area contributed by atoms with E-state index in [2.05, 4.69) is 20.3 Å². The number of hydrogen-bond donors (Lipinski definition) is 3. The number of benzene rings is 1. The van der Waals surface area contributed by atoms with Gasteiger partial charge in [0.05, 0.1) is 10.9 Å². The molecule has 2 aromatic heterocycles. The van der Waals surface area contributed by atoms with E-state index >= 15 is 0 Å². The van der Waals surface area contributed by atoms with Gasteiger partial charge < -0.3 is 4.98 Å². The first kappa shape index (κ1) is 12.4. The monoisotopic (exact) mass is 270 g/mol. The molecule has 1 aromatic carbocycles. The SMILES string of the molecule is CC(C)C(=O)Nc1nc2ccc3[nH]ccc3c2c(=O)[nH]1. The summed E-state index contributed by atoms with van der Waals surface area (Å²) in [4.78, 5) is 33.8. The van der Waals surface area contributed by atoms with Crippen LogP contribution in [0.2, 0.25) is 0 Å². The highest BCUT2D eigenvalue weighted by Crippen LogP contribution is 2.20. The van der Waals surface area contributed by atoms with Crippen LogP contribution in [0.1, 0.15) is 13.8 Å². The normalized spacial score (nSPS) is 11.3. The molecule has 3 rings (SSSR count). The second kappa shape index (κ2) is 4.48. The van der Waals surface area contributed by atoms with Gasteiger partial charge in [-0.3, -0.25) is 19.9 Å². The summed E-state index contributed by atoms with van der Waals surface area (Å²) in [5, 5.41) is 3.94. The molecule has 0 unspecified atom stereocenters. The molecule has 6 nitrogen and oxygen atoms in total. The van der Waals surface area contributed by atoms with Gasteiger partial charge >= 0.3 is 0 Å². The maximum absolute atomic E-state index is 12.2. The molecule has 3 N–H and O–H groups in total. The molecule has 0 aliphatic rings. The average molecular weight is 270 g/mol. The summed E-state index contributed by atoms with van der Waals surface area (Å²) >= 11 is 0. The van der Waals surface area contributed by atoms with Crippen molar-refractivity contribution in [3.05, 3.63) is 34.7 Å². The third-order valence-electron chi connectivity index (χ3n) is 3.17. The molecule has 1 amide bonds. The molecule has 6 heteroatoms. The van der Waals surface area contributed by atoms with Gasteiger partial charge in [-0.2, -0.15) is 0 Å². The maximum Gasteiger partial charge on any atom is 0.260 e. The van der Waals surface area contributed by atoms with Crippen LogP contribution in [0.3, 0.4) is 0 Å². The van der Waals surface area contributed by atoms with Gasteiger partial charge in [0.1, 0.15) is 0 Å². The molecule has 0 saturated heterocycles. The standard InChI is InChI=1S/C14H14N4O2/c1-7(2)12(19)17-14-16-10-4-3-9-8(5-6-15-9)11(10)13(20)18-14/h3-7,15H,1-2H3,(H2,16,17,18,19,20). The summed E-state index contributed by atoms with van der Waals surface area (Å²) in [6.07, 6.45) is 1.78. The number of amides is 1. The van der Waals surface area contributed by atoms with Gasteiger partial charge in [0.15, 0.2) is 0 Å². The van der Waals surface area contributed by atoms with Gasteiger partial charge in [0, 0.05) is 23.0 Å². The van der Waals surface area contributed by atoms with Crippen LogP contribution in [0.15, 0.2) is 29.2 Å². The summed E-state index contributed by atoms with van der Waals surface area (Å²) in [7, 11) is 0. The summed E-state index contributed by atoms with van der Waals surface area (Å²) < 4.78 is 0. The van der Waals surface area contributed by atoms with E-state index in [1.54, 1.807) is 26.1 Å². The zero-order valence-electron chi connectivity index (χ0n) is 11.2. The van der Waals surface area contributed by atoms with Crippen molar-refractivity contribution in [2.24, 2.45) is 5.92 Å². The number of carbonyl (C=O) groups is 1. The van der Waals surface area contributed by atoms with Crippen molar-refractivity contribution in [3.8, 4) is 0 Å². The van der Waals surface area contributed by atoms with E-state index in [0.717, 1.165) is 10.9 Å². The fraction of sp³-hybridized carbons (Fsp3) is 0.214. The Morgan fingerprint density at radius 2 is 2.10 bits per heavy atom. The van der Waals surface area contributed by atoms with Gasteiger partial charge in [-0.05, 0) is 18.2 Å². The van der Waals surface area contributed by atoms with Gasteiger partial charge in [-0.25, -0.2) is 4.98 Å². The van der Waals surface area contributed by atoms with Crippen LogP contribution in [0, 0.1) is 5.92 Å². The molecule has 0 saturated carbocycles. The van der Waals surface area contributed by atoms with Gasteiger partial charge in [-0.15, -0.1) is 0 Å². The van der Waals surface area contributed by atoms with Crippen molar-refractivity contribution in [1.29, 1.82) is 0 Å². The molecule has 0 atom stereocenters. The van der Waals surface area contributed by atoms with Crippen LogP contribution in [-0.4, -0.2) is 20.9 Å². The Hall–Kier alpha value is -2.63. The Balaban J connectivity index is 2.17. The van der Waals surface area contributed by atoms with Crippen molar-refractivity contribution in [2.75, 3.05) is 5.32 Å². The van der Waals surface area contributed by atoms with Crippen LogP contribution in [0.4, 0.5) is 5.95 Å². The van der Waals surface area contributed by atoms with E-state index in [9.17, 15) is 9.59 Å². The molecule has 20 heavy (non-hydrogen) atoms. The molecule has 0 radical (unpaired) electrons. The second-order valence-electron chi connectivity index (χ2n) is 4.96. The van der Waals surface area contributed by atoms with Crippen molar-refractivity contribution in [1.82, 2.24) is 15.0 Å². The number of aromatic nitrogens is 3. The fourth-order valence-corrected chi connectivity index (χ4v) is 2.09. The van der Waals surface area contributed by atoms with Crippen molar-refractivity contribution in [2.45, 2.75) is 13.8 Å². The lowest BCUT2D eigenvalue weighted by atomic mass is 10.1. The highest BCUT2D eigenvalue weighted by Gasteiger charge is 2.12. The van der Waals surface area contributed by atoms with E-state index in [0.29, 0.717) is 10.9 Å². The Kier molecular flexibility index (Phi) is 2.78. The van der Waals surface area contributed by atoms with Gasteiger partial charge in [0.2, 0.25) is 11.9 Å². The number of fused-ring (bicyclic) bond motifs is 3. The number of nitrogens with zero attached hydrogens (tertiary/aromatic N) is 1. The molecular weight excluding hydrogens is 256 g/mol. The number of aromatic amines is 2. The first-order chi connectivity index (χ1) is 9.56. The van der Waals surface area contributed by atoms with Crippen molar-refractivity contribution >= 4 is 33.7 Å². The van der Waals surface area contributed by atoms with E-state index in [1.165, 1.54) is 0 Å². The predicted octanol–water partition coefficient (Wildman–Crippen LogP) is 2.00. The maximum atomic E-state index is 12.2. The first-order valence-corrected chi connectivity index (χ1v) is 6.37. The van der Waals surface area contributed by atoms with E-state index in [4.69, 9.17) is 0 Å². The highest BCUT2D eigenvalue weighted by atomic mass is 16.2. The molecule has 2 heterocycles. The molecular formula is C14H14N4O2. The average Bonchev–Trinajstić information content (AvgIpc) is 2.86. The van der Waals surface area contributed by atoms with Gasteiger partial charge in [0.25, 0.3) is 5.56 Å². The third kappa shape index (κ3) is 1.95. The molecule has 102 valence electrons. The third-order valence-corrected chi connectivity index (χ3v) is 3.17. The Morgan fingerprint density at radius 3 is 2.85 bits per heavy atom. The van der Waals surface area contributed by atoms with E-state index in [-0.39, 0.29) is 23.3 Å². The Morgan fingerprint density at radius 1 is 1.30 bits per heavy atom. The first-order valence-electron chi connectivity index (χ1n) is 6.37. The molecule has 3 aromatic rings. The van der Waals surface area contributed by atoms with Crippen LogP contribution in [0.25, 0.3) is 21.8 Å². The number of H-pyrrole nitrogens is 2. The molecule has 0 aliphatic heterocycles. The second-order valence-corrected chi connectivity index (χ2v) is 4.96. The number of nitrogens with one attached hydrogen (secondary N) is 3. The van der Waals surface area contributed by atoms with Crippen LogP contribution in [-0.2, 0) is 4.79 Å². The lowest BCUT2D eigenvalue weighted by molar-refractivity contribution is -0.118. The molecule has 0 fully saturated rings. The van der Waals surface area contributed by atoms with Crippen LogP contribution in [0.5, 0.6) is 0 Å². The number of rotatable bonds is 2. The summed E-state index contributed by atoms with van der Waals surface area (Å²) in [6, 6.07) is 5.45. The zero-order valence-corrected chi connectivity index (χ0v) is 11.2. The smallest absolute Gasteiger partial charge is 0.260 e. The minimum Gasteiger partial charge on any atom is -0.361 e. The number of hydrogen-bond acceptors (Lipinski definition) is 3. The van der Waals surface area contributed by atoms with Crippen molar-refractivity contribution < 1.29 is 4.79 Å². The van der Waals surface area contributed by atoms with Crippen molar-refractivity contribution in [3.63, 3.8) is 0 Å². The quantitative estimate of drug-likeness (QED) is 0.665. The molecule has 0 bridgehead atoms. The Labute approximate surface area is 114 Å². The van der Waals surface area contributed by atoms with Crippen LogP contribution < -0.4 is 10.9 Å². The predicted molar refractivity (Wildman–Crippen MR) is 77.7 cm³/mol. The summed E-state index contributed by atoms with van der Waals surface area (Å²) in [6.45, 7) is 3.55. The van der Waals surface area contributed by atoms with E-state index < -0.39 is 0 Å². The largest absolute Gasteiger partial charge is 0.361 e. The fourth-order valence-electron chi connectivity index (χ4n) is 2.09. The lowest BCUT2D eigenvalue weighted by Gasteiger charge is -2.07. The summed E-state index contributed by atoms with van der Waals surface area (Å²) in [5.41, 5.74) is 1.17. The summed E-state index contributed by atoms with van der Waals surface area (Å²) in [5.74, 6) is -0.186. The number of anilines is 1. The zero-order chi connectivity index (χ0) is 14.3. The van der Waals surface area contributed by atoms with Gasteiger partial charge in [-0.1, -0.05) is 13.8 Å². The topological polar surface area (TPSA) is 90.6 Å². The van der Waals surface area contributed by atoms with E-state index in [1.807, 2.05) is 12.1 Å². The highest BCUT2D eigenvalue weighted by molar-refractivity contribution is 6.05. The number of carbonyl (C=O) groups excluding carboxylic acids is 1. The Bertz CT molecular complexity index is 860.